The zero-order valence-electron chi connectivity index (χ0n) is 27.4. The van der Waals surface area contributed by atoms with Crippen molar-refractivity contribution in [3.63, 3.8) is 0 Å². The van der Waals surface area contributed by atoms with Crippen molar-refractivity contribution in [2.24, 2.45) is 0 Å². The highest BCUT2D eigenvalue weighted by Crippen LogP contribution is 2.37. The van der Waals surface area contributed by atoms with Gasteiger partial charge in [0, 0.05) is 59.0 Å². The van der Waals surface area contributed by atoms with Crippen LogP contribution in [0.3, 0.4) is 0 Å². The molecule has 3 aliphatic rings. The van der Waals surface area contributed by atoms with Gasteiger partial charge in [0.15, 0.2) is 0 Å². The van der Waals surface area contributed by atoms with Gasteiger partial charge in [-0.3, -0.25) is 38.6 Å². The number of hydroxylamine groups is 2. The van der Waals surface area contributed by atoms with Crippen molar-refractivity contribution in [1.82, 2.24) is 19.8 Å². The van der Waals surface area contributed by atoms with Crippen LogP contribution in [-0.4, -0.2) is 148 Å². The maximum absolute atomic E-state index is 13.4. The fourth-order valence-electron chi connectivity index (χ4n) is 5.56. The third kappa shape index (κ3) is 8.00. The Morgan fingerprint density at radius 2 is 0.980 bits per heavy atom. The van der Waals surface area contributed by atoms with E-state index < -0.39 is 41.4 Å². The molecule has 49 heavy (non-hydrogen) atoms. The first-order valence-electron chi connectivity index (χ1n) is 15.9. The molecular weight excluding hydrogens is 644 g/mol. The molecule has 2 aromatic carbocycles. The van der Waals surface area contributed by atoms with E-state index in [1.165, 1.54) is 17.0 Å². The first-order chi connectivity index (χ1) is 23.6. The molecule has 2 aromatic rings. The van der Waals surface area contributed by atoms with Crippen molar-refractivity contribution in [2.45, 2.75) is 19.3 Å². The molecule has 0 saturated carbocycles. The number of amides is 6. The second-order valence-corrected chi connectivity index (χ2v) is 11.6. The van der Waals surface area contributed by atoms with Crippen LogP contribution in [0.15, 0.2) is 24.3 Å². The highest BCUT2D eigenvalue weighted by Gasteiger charge is 2.39. The Morgan fingerprint density at radius 1 is 0.592 bits per heavy atom. The average Bonchev–Trinajstić information content (AvgIpc) is 3.39. The van der Waals surface area contributed by atoms with E-state index in [1.807, 2.05) is 19.0 Å². The summed E-state index contributed by atoms with van der Waals surface area (Å²) >= 11 is 0. The number of ether oxygens (including phenoxy) is 4. The smallest absolute Gasteiger partial charge is 0.335 e. The quantitative estimate of drug-likeness (QED) is 0.149. The summed E-state index contributed by atoms with van der Waals surface area (Å²) < 4.78 is 21.7. The predicted molar refractivity (Wildman–Crippen MR) is 168 cm³/mol. The van der Waals surface area contributed by atoms with E-state index in [4.69, 9.17) is 23.8 Å². The second kappa shape index (κ2) is 16.2. The second-order valence-electron chi connectivity index (χ2n) is 11.6. The Morgan fingerprint density at radius 3 is 1.41 bits per heavy atom. The maximum atomic E-state index is 13.4. The van der Waals surface area contributed by atoms with Gasteiger partial charge in [-0.2, -0.15) is 0 Å². The van der Waals surface area contributed by atoms with Gasteiger partial charge in [0.2, 0.25) is 0 Å². The average molecular weight is 683 g/mol. The molecule has 0 unspecified atom stereocenters. The summed E-state index contributed by atoms with van der Waals surface area (Å²) in [5, 5.41) is 1.16. The molecule has 5 rings (SSSR count). The molecule has 0 spiro atoms. The van der Waals surface area contributed by atoms with Gasteiger partial charge in [-0.1, -0.05) is 0 Å². The normalized spacial score (nSPS) is 15.9. The SMILES string of the molecule is CN(C)CCN1C(=O)c2ccc3c4c(ccc(c24)C1=O)C(=O)N(CCOCCOCCOCCOCCC(=O)ON1C(=O)CCC1=O)C3=O. The minimum absolute atomic E-state index is 0.00755. The van der Waals surface area contributed by atoms with Crippen molar-refractivity contribution in [3.05, 3.63) is 46.5 Å². The lowest BCUT2D eigenvalue weighted by Crippen LogP contribution is -2.45. The Bertz CT molecular complexity index is 1570. The fraction of sp³-hybridized carbons (Fsp3) is 0.485. The van der Waals surface area contributed by atoms with Crippen LogP contribution >= 0.6 is 0 Å². The number of carbonyl (C=O) groups excluding carboxylic acids is 7. The zero-order valence-corrected chi connectivity index (χ0v) is 27.4. The van der Waals surface area contributed by atoms with Gasteiger partial charge in [0.05, 0.1) is 65.8 Å². The van der Waals surface area contributed by atoms with Crippen LogP contribution < -0.4 is 0 Å². The summed E-state index contributed by atoms with van der Waals surface area (Å²) in [6.45, 7) is 2.40. The van der Waals surface area contributed by atoms with Gasteiger partial charge in [-0.15, -0.1) is 5.06 Å². The number of rotatable bonds is 19. The van der Waals surface area contributed by atoms with Gasteiger partial charge in [0.1, 0.15) is 0 Å². The Kier molecular flexibility index (Phi) is 11.8. The molecule has 262 valence electrons. The van der Waals surface area contributed by atoms with Crippen molar-refractivity contribution in [3.8, 4) is 0 Å². The van der Waals surface area contributed by atoms with E-state index in [1.54, 1.807) is 12.1 Å². The molecule has 3 heterocycles. The summed E-state index contributed by atoms with van der Waals surface area (Å²) in [4.78, 5) is 96.8. The lowest BCUT2D eigenvalue weighted by molar-refractivity contribution is -0.198. The van der Waals surface area contributed by atoms with E-state index in [0.29, 0.717) is 35.6 Å². The molecule has 3 aliphatic heterocycles. The minimum Gasteiger partial charge on any atom is -0.378 e. The minimum atomic E-state index is -0.736. The molecule has 16 heteroatoms. The maximum Gasteiger partial charge on any atom is 0.335 e. The highest BCUT2D eigenvalue weighted by atomic mass is 16.7. The molecule has 1 saturated heterocycles. The lowest BCUT2D eigenvalue weighted by Gasteiger charge is -2.32. The van der Waals surface area contributed by atoms with Gasteiger partial charge < -0.3 is 28.7 Å². The predicted octanol–water partition coefficient (Wildman–Crippen LogP) is 0.657. The number of hydrogen-bond acceptors (Lipinski definition) is 13. The number of likely N-dealkylation sites (N-methyl/N-ethyl adjacent to an activating group) is 1. The van der Waals surface area contributed by atoms with Crippen molar-refractivity contribution >= 4 is 52.2 Å². The van der Waals surface area contributed by atoms with E-state index in [2.05, 4.69) is 0 Å². The van der Waals surface area contributed by atoms with Crippen LogP contribution in [0, 0.1) is 0 Å². The van der Waals surface area contributed by atoms with Gasteiger partial charge in [0.25, 0.3) is 35.4 Å². The summed E-state index contributed by atoms with van der Waals surface area (Å²) in [6.07, 6.45) is -0.0547. The molecular formula is C33H38N4O12. The summed E-state index contributed by atoms with van der Waals surface area (Å²) in [5.74, 6) is -3.76. The van der Waals surface area contributed by atoms with E-state index in [-0.39, 0.29) is 94.2 Å². The topological polar surface area (TPSA) is 179 Å². The van der Waals surface area contributed by atoms with Gasteiger partial charge >= 0.3 is 5.97 Å². The molecule has 0 atom stereocenters. The zero-order chi connectivity index (χ0) is 35.1. The standard InChI is InChI=1S/C33H38N4O12/c1-34(2)10-11-35-30(41)21-3-5-23-29-24(6-4-22(28(21)29)31(35)42)33(44)36(32(23)43)12-14-46-16-18-48-20-19-47-17-15-45-13-9-27(40)49-37-25(38)7-8-26(37)39/h3-6H,7-20H2,1-2H3. The van der Waals surface area contributed by atoms with E-state index in [0.717, 1.165) is 4.90 Å². The van der Waals surface area contributed by atoms with Crippen LogP contribution in [0.5, 0.6) is 0 Å². The van der Waals surface area contributed by atoms with Crippen LogP contribution in [0.4, 0.5) is 0 Å². The van der Waals surface area contributed by atoms with Gasteiger partial charge in [-0.05, 0) is 38.4 Å². The van der Waals surface area contributed by atoms with E-state index in [9.17, 15) is 33.6 Å². The largest absolute Gasteiger partial charge is 0.378 e. The third-order valence-corrected chi connectivity index (χ3v) is 8.06. The number of nitrogens with zero attached hydrogens (tertiary/aromatic N) is 4. The fourth-order valence-corrected chi connectivity index (χ4v) is 5.56. The monoisotopic (exact) mass is 682 g/mol. The molecule has 0 bridgehead atoms. The number of hydrogen-bond donors (Lipinski definition) is 0. The molecule has 16 nitrogen and oxygen atoms in total. The molecule has 0 radical (unpaired) electrons. The molecule has 6 amide bonds. The van der Waals surface area contributed by atoms with Crippen LogP contribution in [-0.2, 0) is 38.2 Å². The third-order valence-electron chi connectivity index (χ3n) is 8.06. The van der Waals surface area contributed by atoms with Crippen molar-refractivity contribution in [2.75, 3.05) is 86.6 Å². The Balaban J connectivity index is 0.970. The highest BCUT2D eigenvalue weighted by molar-refractivity contribution is 6.33. The Labute approximate surface area is 281 Å². The Hall–Kier alpha value is -4.61. The van der Waals surface area contributed by atoms with Gasteiger partial charge in [-0.25, -0.2) is 4.79 Å². The molecule has 0 N–H and O–H groups in total. The lowest BCUT2D eigenvalue weighted by atomic mass is 9.86. The van der Waals surface area contributed by atoms with Crippen molar-refractivity contribution in [1.29, 1.82) is 0 Å². The summed E-state index contributed by atoms with van der Waals surface area (Å²) in [6, 6.07) is 6.16. The molecule has 0 aromatic heterocycles. The van der Waals surface area contributed by atoms with Crippen LogP contribution in [0.25, 0.3) is 10.8 Å². The first kappa shape index (κ1) is 35.7. The number of benzene rings is 2. The molecule has 1 fully saturated rings. The van der Waals surface area contributed by atoms with Crippen LogP contribution in [0.1, 0.15) is 60.7 Å². The first-order valence-corrected chi connectivity index (χ1v) is 15.9. The summed E-state index contributed by atoms with van der Waals surface area (Å²) in [7, 11) is 3.70. The summed E-state index contributed by atoms with van der Waals surface area (Å²) in [5.41, 5.74) is 1.08. The molecule has 0 aliphatic carbocycles. The van der Waals surface area contributed by atoms with Crippen LogP contribution in [0.2, 0.25) is 0 Å². The van der Waals surface area contributed by atoms with E-state index >= 15 is 0 Å². The number of imide groups is 3. The number of carbonyl (C=O) groups is 7. The van der Waals surface area contributed by atoms with Crippen molar-refractivity contribution < 1.29 is 57.3 Å².